The topological polar surface area (TPSA) is 108 Å². The van der Waals surface area contributed by atoms with E-state index in [1.165, 1.54) is 19.2 Å². The molecule has 0 fully saturated rings. The van der Waals surface area contributed by atoms with Crippen LogP contribution in [0.1, 0.15) is 11.3 Å². The van der Waals surface area contributed by atoms with Crippen molar-refractivity contribution in [3.63, 3.8) is 0 Å². The van der Waals surface area contributed by atoms with Crippen molar-refractivity contribution in [1.29, 1.82) is 0 Å². The van der Waals surface area contributed by atoms with Crippen LogP contribution in [0.25, 0.3) is 0 Å². The number of imidazole rings is 1. The third-order valence-electron chi connectivity index (χ3n) is 4.68. The molecule has 0 saturated heterocycles. The number of carbonyl (C=O) groups excluding carboxylic acids is 1. The first-order chi connectivity index (χ1) is 14.3. The molecule has 9 heteroatoms. The smallest absolute Gasteiger partial charge is 0.244 e. The van der Waals surface area contributed by atoms with Crippen molar-refractivity contribution in [3.8, 4) is 5.75 Å². The average Bonchev–Trinajstić information content (AvgIpc) is 3.16. The van der Waals surface area contributed by atoms with Crippen LogP contribution in [0.3, 0.4) is 0 Å². The Morgan fingerprint density at radius 2 is 1.83 bits per heavy atom. The second-order valence-corrected chi connectivity index (χ2v) is 8.75. The highest BCUT2D eigenvalue weighted by Crippen LogP contribution is 2.24. The van der Waals surface area contributed by atoms with Crippen LogP contribution in [0.2, 0.25) is 0 Å². The number of rotatable bonds is 9. The minimum atomic E-state index is -4.04. The first-order valence-corrected chi connectivity index (χ1v) is 10.7. The number of benzene rings is 2. The summed E-state index contributed by atoms with van der Waals surface area (Å²) in [7, 11) is -0.741. The van der Waals surface area contributed by atoms with Crippen LogP contribution in [0.4, 0.5) is 0 Å². The lowest BCUT2D eigenvalue weighted by molar-refractivity contribution is -0.121. The van der Waals surface area contributed by atoms with Crippen molar-refractivity contribution < 1.29 is 17.9 Å². The zero-order valence-corrected chi connectivity index (χ0v) is 17.6. The number of carbonyl (C=O) groups is 1. The molecule has 30 heavy (non-hydrogen) atoms. The van der Waals surface area contributed by atoms with E-state index in [0.29, 0.717) is 11.4 Å². The number of hydrogen-bond donors (Lipinski definition) is 1. The van der Waals surface area contributed by atoms with Crippen LogP contribution >= 0.6 is 0 Å². The number of ether oxygens (including phenoxy) is 1. The van der Waals surface area contributed by atoms with Gasteiger partial charge < -0.3 is 15.0 Å². The maximum atomic E-state index is 13.5. The lowest BCUT2D eigenvalue weighted by Crippen LogP contribution is -2.48. The van der Waals surface area contributed by atoms with Gasteiger partial charge in [0.2, 0.25) is 15.9 Å². The number of aromatic nitrogens is 2. The molecule has 0 bridgehead atoms. The summed E-state index contributed by atoms with van der Waals surface area (Å²) >= 11 is 0. The normalized spacial score (nSPS) is 12.6. The summed E-state index contributed by atoms with van der Waals surface area (Å²) in [5.74, 6) is -0.211. The van der Waals surface area contributed by atoms with Gasteiger partial charge in [0.05, 0.1) is 24.0 Å². The fourth-order valence-electron chi connectivity index (χ4n) is 3.12. The number of nitrogens with two attached hydrogens (primary N) is 1. The van der Waals surface area contributed by atoms with Gasteiger partial charge in [0, 0.05) is 26.2 Å². The Hall–Kier alpha value is -3.17. The van der Waals surface area contributed by atoms with E-state index in [4.69, 9.17) is 10.5 Å². The predicted molar refractivity (Wildman–Crippen MR) is 112 cm³/mol. The first-order valence-electron chi connectivity index (χ1n) is 9.27. The van der Waals surface area contributed by atoms with Crippen molar-refractivity contribution >= 4 is 15.9 Å². The monoisotopic (exact) mass is 428 g/mol. The molecular formula is C21H24N4O4S. The number of nitrogens with zero attached hydrogens (tertiary/aromatic N) is 3. The van der Waals surface area contributed by atoms with Gasteiger partial charge in [-0.3, -0.25) is 4.79 Å². The number of aryl methyl sites for hydroxylation is 1. The fourth-order valence-corrected chi connectivity index (χ4v) is 4.71. The molecule has 0 spiro atoms. The molecule has 1 amide bonds. The van der Waals surface area contributed by atoms with Gasteiger partial charge in [-0.1, -0.05) is 30.3 Å². The van der Waals surface area contributed by atoms with E-state index >= 15 is 0 Å². The Kier molecular flexibility index (Phi) is 6.53. The van der Waals surface area contributed by atoms with Gasteiger partial charge in [0.1, 0.15) is 11.8 Å². The van der Waals surface area contributed by atoms with E-state index in [1.54, 1.807) is 48.4 Å². The van der Waals surface area contributed by atoms with E-state index in [9.17, 15) is 13.2 Å². The summed E-state index contributed by atoms with van der Waals surface area (Å²) in [5.41, 5.74) is 6.98. The van der Waals surface area contributed by atoms with Crippen LogP contribution in [0.15, 0.2) is 72.0 Å². The molecule has 1 unspecified atom stereocenters. The van der Waals surface area contributed by atoms with Crippen molar-refractivity contribution in [3.05, 3.63) is 78.4 Å². The minimum Gasteiger partial charge on any atom is -0.497 e. The van der Waals surface area contributed by atoms with Crippen LogP contribution in [-0.2, 0) is 34.8 Å². The molecule has 1 atom stereocenters. The lowest BCUT2D eigenvalue weighted by atomic mass is 10.1. The molecule has 0 aliphatic carbocycles. The average molecular weight is 429 g/mol. The van der Waals surface area contributed by atoms with Gasteiger partial charge in [0.15, 0.2) is 0 Å². The van der Waals surface area contributed by atoms with E-state index in [1.807, 2.05) is 18.2 Å². The fraction of sp³-hybridized carbons (Fsp3) is 0.238. The summed E-state index contributed by atoms with van der Waals surface area (Å²) in [6.45, 7) is -0.00432. The Bertz CT molecular complexity index is 1100. The third kappa shape index (κ3) is 4.87. The summed E-state index contributed by atoms with van der Waals surface area (Å²) in [6.07, 6.45) is 3.39. The molecule has 3 rings (SSSR count). The molecule has 1 aromatic heterocycles. The highest BCUT2D eigenvalue weighted by Gasteiger charge is 2.35. The second kappa shape index (κ2) is 9.10. The van der Waals surface area contributed by atoms with Gasteiger partial charge >= 0.3 is 0 Å². The zero-order chi connectivity index (χ0) is 21.7. The van der Waals surface area contributed by atoms with Crippen LogP contribution in [-0.4, -0.2) is 41.3 Å². The van der Waals surface area contributed by atoms with E-state index in [2.05, 4.69) is 4.98 Å². The second-order valence-electron chi connectivity index (χ2n) is 6.86. The highest BCUT2D eigenvalue weighted by molar-refractivity contribution is 7.89. The zero-order valence-electron chi connectivity index (χ0n) is 16.8. The minimum absolute atomic E-state index is 0.00432. The molecule has 158 valence electrons. The van der Waals surface area contributed by atoms with Gasteiger partial charge in [-0.25, -0.2) is 13.4 Å². The maximum Gasteiger partial charge on any atom is 0.244 e. The molecule has 2 aromatic carbocycles. The van der Waals surface area contributed by atoms with Gasteiger partial charge in [-0.2, -0.15) is 4.31 Å². The number of hydrogen-bond acceptors (Lipinski definition) is 5. The van der Waals surface area contributed by atoms with Crippen LogP contribution in [0, 0.1) is 0 Å². The van der Waals surface area contributed by atoms with Crippen molar-refractivity contribution in [2.45, 2.75) is 23.9 Å². The molecule has 0 saturated carbocycles. The van der Waals surface area contributed by atoms with Gasteiger partial charge in [-0.05, 0) is 29.8 Å². The number of methoxy groups -OCH3 is 1. The summed E-state index contributed by atoms with van der Waals surface area (Å²) < 4.78 is 35.0. The van der Waals surface area contributed by atoms with Crippen LogP contribution in [0.5, 0.6) is 5.75 Å². The molecule has 0 radical (unpaired) electrons. The predicted octanol–water partition coefficient (Wildman–Crippen LogP) is 1.72. The SMILES string of the molecule is COc1ccc(S(=O)(=O)N(Cc2ccccc2)C(Cc2cn(C)cn2)C(N)=O)cc1. The number of sulfonamides is 1. The van der Waals surface area contributed by atoms with E-state index in [-0.39, 0.29) is 17.9 Å². The van der Waals surface area contributed by atoms with Crippen molar-refractivity contribution in [2.24, 2.45) is 12.8 Å². The summed E-state index contributed by atoms with van der Waals surface area (Å²) in [5, 5.41) is 0. The summed E-state index contributed by atoms with van der Waals surface area (Å²) in [4.78, 5) is 16.7. The molecule has 1 heterocycles. The van der Waals surface area contributed by atoms with E-state index in [0.717, 1.165) is 9.87 Å². The van der Waals surface area contributed by atoms with Crippen LogP contribution < -0.4 is 10.5 Å². The Balaban J connectivity index is 2.03. The molecule has 0 aliphatic rings. The van der Waals surface area contributed by atoms with Gasteiger partial charge in [-0.15, -0.1) is 0 Å². The van der Waals surface area contributed by atoms with Gasteiger partial charge in [0.25, 0.3) is 0 Å². The Labute approximate surface area is 176 Å². The van der Waals surface area contributed by atoms with E-state index < -0.39 is 22.0 Å². The standard InChI is InChI=1S/C21H24N4O4S/c1-24-14-17(23-15-24)12-20(21(22)26)25(13-16-6-4-3-5-7-16)30(27,28)19-10-8-18(29-2)9-11-19/h3-11,14-15,20H,12-13H2,1-2H3,(H2,22,26). The van der Waals surface area contributed by atoms with Crippen molar-refractivity contribution in [1.82, 2.24) is 13.9 Å². The number of primary amides is 1. The highest BCUT2D eigenvalue weighted by atomic mass is 32.2. The largest absolute Gasteiger partial charge is 0.497 e. The summed E-state index contributed by atoms with van der Waals surface area (Å²) in [6, 6.07) is 14.0. The number of amides is 1. The van der Waals surface area contributed by atoms with Crippen molar-refractivity contribution in [2.75, 3.05) is 7.11 Å². The third-order valence-corrected chi connectivity index (χ3v) is 6.55. The molecular weight excluding hydrogens is 404 g/mol. The molecule has 3 aromatic rings. The quantitative estimate of drug-likeness (QED) is 0.558. The Morgan fingerprint density at radius 1 is 1.17 bits per heavy atom. The molecule has 8 nitrogen and oxygen atoms in total. The maximum absolute atomic E-state index is 13.5. The molecule has 0 aliphatic heterocycles. The molecule has 2 N–H and O–H groups in total. The first kappa shape index (κ1) is 21.5. The lowest BCUT2D eigenvalue weighted by Gasteiger charge is -2.28. The Morgan fingerprint density at radius 3 is 2.37 bits per heavy atom.